The van der Waals surface area contributed by atoms with Crippen molar-refractivity contribution in [1.29, 1.82) is 0 Å². The number of nitrogens with zero attached hydrogens (tertiary/aromatic N) is 1. The lowest BCUT2D eigenvalue weighted by Gasteiger charge is -2.47. The van der Waals surface area contributed by atoms with Crippen molar-refractivity contribution in [1.82, 2.24) is 4.90 Å². The van der Waals surface area contributed by atoms with Crippen molar-refractivity contribution in [3.63, 3.8) is 0 Å². The van der Waals surface area contributed by atoms with Crippen molar-refractivity contribution >= 4 is 28.5 Å². The number of rotatable bonds is 3. The zero-order valence-corrected chi connectivity index (χ0v) is 17.6. The third-order valence-electron chi connectivity index (χ3n) is 6.64. The Morgan fingerprint density at radius 3 is 2.90 bits per heavy atom. The molecule has 1 aliphatic carbocycles. The first-order valence-corrected chi connectivity index (χ1v) is 10.5. The number of carbonyl (C=O) groups excluding carboxylic acids is 1. The van der Waals surface area contributed by atoms with Crippen LogP contribution in [0.5, 0.6) is 5.75 Å². The predicted octanol–water partition coefficient (Wildman–Crippen LogP) is 3.60. The molecule has 2 aliphatic rings. The molecule has 1 aromatic heterocycles. The molecule has 0 spiro atoms. The van der Waals surface area contributed by atoms with E-state index in [9.17, 15) is 14.7 Å². The number of amides is 1. The minimum atomic E-state index is -0.620. The van der Waals surface area contributed by atoms with Gasteiger partial charge in [0, 0.05) is 36.0 Å². The first kappa shape index (κ1) is 20.2. The lowest BCUT2D eigenvalue weighted by Crippen LogP contribution is -2.55. The molecule has 1 amide bonds. The second-order valence-electron chi connectivity index (χ2n) is 8.34. The maximum absolute atomic E-state index is 12.7. The normalized spacial score (nSPS) is 24.4. The highest BCUT2D eigenvalue weighted by Crippen LogP contribution is 2.40. The molecule has 2 atom stereocenters. The fraction of sp³-hybridized carbons (Fsp3) is 0.545. The Morgan fingerprint density at radius 2 is 2.10 bits per heavy atom. The van der Waals surface area contributed by atoms with Crippen molar-refractivity contribution < 1.29 is 19.1 Å². The second-order valence-corrected chi connectivity index (χ2v) is 8.75. The van der Waals surface area contributed by atoms with E-state index in [-0.39, 0.29) is 18.4 Å². The Hall–Kier alpha value is -2.05. The number of ether oxygens (including phenoxy) is 1. The molecular weight excluding hydrogens is 394 g/mol. The standard InChI is InChI=1S/C22H26ClNO5/c1-13-14(2)21(26)29-18-10-19(17(23)9-16(13)18)28-12-20(25)24-8-7-22(27)6-4-3-5-15(22)11-24/h9-10,15,27H,3-8,11-12H2,1-2H3. The summed E-state index contributed by atoms with van der Waals surface area (Å²) in [6, 6.07) is 3.26. The number of aryl methyl sites for hydroxylation is 1. The highest BCUT2D eigenvalue weighted by Gasteiger charge is 2.43. The second kappa shape index (κ2) is 7.65. The molecule has 29 heavy (non-hydrogen) atoms. The largest absolute Gasteiger partial charge is 0.482 e. The van der Waals surface area contributed by atoms with Crippen LogP contribution < -0.4 is 10.4 Å². The van der Waals surface area contributed by atoms with Crippen LogP contribution >= 0.6 is 11.6 Å². The van der Waals surface area contributed by atoms with E-state index in [1.54, 1.807) is 24.0 Å². The van der Waals surface area contributed by atoms with E-state index in [1.165, 1.54) is 0 Å². The highest BCUT2D eigenvalue weighted by molar-refractivity contribution is 6.32. The zero-order chi connectivity index (χ0) is 20.8. The topological polar surface area (TPSA) is 80.0 Å². The quantitative estimate of drug-likeness (QED) is 0.769. The van der Waals surface area contributed by atoms with Gasteiger partial charge in [0.25, 0.3) is 5.91 Å². The number of hydrogen-bond acceptors (Lipinski definition) is 5. The molecule has 2 fully saturated rings. The molecule has 1 aromatic carbocycles. The molecule has 156 valence electrons. The fourth-order valence-corrected chi connectivity index (χ4v) is 4.80. The summed E-state index contributed by atoms with van der Waals surface area (Å²) < 4.78 is 11.0. The Kier molecular flexibility index (Phi) is 5.34. The molecule has 2 heterocycles. The molecule has 0 bridgehead atoms. The molecule has 7 heteroatoms. The number of piperidine rings is 1. The van der Waals surface area contributed by atoms with Crippen LogP contribution in [0.25, 0.3) is 11.0 Å². The van der Waals surface area contributed by atoms with Crippen LogP contribution in [0.1, 0.15) is 43.2 Å². The molecule has 0 radical (unpaired) electrons. The average Bonchev–Trinajstić information content (AvgIpc) is 2.70. The number of aliphatic hydroxyl groups is 1. The summed E-state index contributed by atoms with van der Waals surface area (Å²) in [5, 5.41) is 11.9. The minimum absolute atomic E-state index is 0.129. The van der Waals surface area contributed by atoms with E-state index in [0.717, 1.165) is 36.6 Å². The number of carbonyl (C=O) groups is 1. The monoisotopic (exact) mass is 419 g/mol. The average molecular weight is 420 g/mol. The molecule has 2 aromatic rings. The summed E-state index contributed by atoms with van der Waals surface area (Å²) in [4.78, 5) is 26.4. The molecule has 2 unspecified atom stereocenters. The predicted molar refractivity (Wildman–Crippen MR) is 111 cm³/mol. The van der Waals surface area contributed by atoms with Gasteiger partial charge >= 0.3 is 5.63 Å². The van der Waals surface area contributed by atoms with Crippen LogP contribution in [0.15, 0.2) is 21.3 Å². The van der Waals surface area contributed by atoms with Gasteiger partial charge in [-0.2, -0.15) is 0 Å². The fourth-order valence-electron chi connectivity index (χ4n) is 4.58. The number of hydrogen-bond donors (Lipinski definition) is 1. The van der Waals surface area contributed by atoms with E-state index in [1.807, 2.05) is 6.92 Å². The third-order valence-corrected chi connectivity index (χ3v) is 6.94. The first-order valence-electron chi connectivity index (χ1n) is 10.1. The van der Waals surface area contributed by atoms with Gasteiger partial charge in [-0.05, 0) is 44.7 Å². The Morgan fingerprint density at radius 1 is 1.31 bits per heavy atom. The van der Waals surface area contributed by atoms with Gasteiger partial charge in [0.2, 0.25) is 0 Å². The molecule has 1 aliphatic heterocycles. The van der Waals surface area contributed by atoms with Gasteiger partial charge < -0.3 is 19.2 Å². The highest BCUT2D eigenvalue weighted by atomic mass is 35.5. The van der Waals surface area contributed by atoms with Gasteiger partial charge in [-0.1, -0.05) is 24.4 Å². The molecule has 4 rings (SSSR count). The summed E-state index contributed by atoms with van der Waals surface area (Å²) in [5.41, 5.74) is 0.729. The molecule has 1 saturated heterocycles. The van der Waals surface area contributed by atoms with Crippen molar-refractivity contribution in [3.05, 3.63) is 38.7 Å². The van der Waals surface area contributed by atoms with E-state index in [2.05, 4.69) is 0 Å². The first-order chi connectivity index (χ1) is 13.8. The number of benzene rings is 1. The van der Waals surface area contributed by atoms with Crippen LogP contribution in [0, 0.1) is 19.8 Å². The van der Waals surface area contributed by atoms with E-state index < -0.39 is 11.2 Å². The van der Waals surface area contributed by atoms with Gasteiger partial charge in [-0.15, -0.1) is 0 Å². The van der Waals surface area contributed by atoms with Crippen LogP contribution in [-0.2, 0) is 4.79 Å². The van der Waals surface area contributed by atoms with Crippen LogP contribution in [0.4, 0.5) is 0 Å². The van der Waals surface area contributed by atoms with Gasteiger partial charge in [0.15, 0.2) is 6.61 Å². The summed E-state index contributed by atoms with van der Waals surface area (Å²) in [6.45, 7) is 4.51. The lowest BCUT2D eigenvalue weighted by molar-refractivity contribution is -0.145. The van der Waals surface area contributed by atoms with Gasteiger partial charge in [-0.3, -0.25) is 4.79 Å². The Labute approximate surface area is 174 Å². The molecule has 6 nitrogen and oxygen atoms in total. The van der Waals surface area contributed by atoms with Crippen molar-refractivity contribution in [3.8, 4) is 5.75 Å². The number of halogens is 1. The smallest absolute Gasteiger partial charge is 0.339 e. The van der Waals surface area contributed by atoms with Crippen molar-refractivity contribution in [2.45, 2.75) is 51.6 Å². The zero-order valence-electron chi connectivity index (χ0n) is 16.8. The molecule has 1 saturated carbocycles. The van der Waals surface area contributed by atoms with Crippen molar-refractivity contribution in [2.24, 2.45) is 5.92 Å². The summed E-state index contributed by atoms with van der Waals surface area (Å²) in [7, 11) is 0. The summed E-state index contributed by atoms with van der Waals surface area (Å²) in [5.74, 6) is 0.319. The Bertz CT molecular complexity index is 1020. The van der Waals surface area contributed by atoms with Gasteiger partial charge in [-0.25, -0.2) is 4.79 Å². The molecular formula is C22H26ClNO5. The number of likely N-dealkylation sites (tertiary alicyclic amines) is 1. The summed E-state index contributed by atoms with van der Waals surface area (Å²) in [6.07, 6.45) is 4.55. The lowest BCUT2D eigenvalue weighted by atomic mass is 9.71. The van der Waals surface area contributed by atoms with Crippen LogP contribution in [0.3, 0.4) is 0 Å². The van der Waals surface area contributed by atoms with Gasteiger partial charge in [0.05, 0.1) is 10.6 Å². The molecule has 1 N–H and O–H groups in total. The summed E-state index contributed by atoms with van der Waals surface area (Å²) >= 11 is 6.34. The Balaban J connectivity index is 1.47. The van der Waals surface area contributed by atoms with Crippen LogP contribution in [-0.4, -0.2) is 41.2 Å². The third kappa shape index (κ3) is 3.76. The number of fused-ring (bicyclic) bond motifs is 2. The van der Waals surface area contributed by atoms with E-state index in [4.69, 9.17) is 20.8 Å². The van der Waals surface area contributed by atoms with E-state index >= 15 is 0 Å². The minimum Gasteiger partial charge on any atom is -0.482 e. The van der Waals surface area contributed by atoms with E-state index in [0.29, 0.717) is 41.4 Å². The maximum atomic E-state index is 12.7. The maximum Gasteiger partial charge on any atom is 0.339 e. The van der Waals surface area contributed by atoms with Crippen LogP contribution in [0.2, 0.25) is 5.02 Å². The van der Waals surface area contributed by atoms with Crippen molar-refractivity contribution in [2.75, 3.05) is 19.7 Å². The SMILES string of the molecule is Cc1c(C)c2cc(Cl)c(OCC(=O)N3CCC4(O)CCCCC4C3)cc2oc1=O. The van der Waals surface area contributed by atoms with Gasteiger partial charge in [0.1, 0.15) is 11.3 Å².